The Labute approximate surface area is 126 Å². The van der Waals surface area contributed by atoms with Crippen LogP contribution in [-0.4, -0.2) is 22.5 Å². The number of nitrogens with zero attached hydrogens (tertiary/aromatic N) is 2. The van der Waals surface area contributed by atoms with Crippen molar-refractivity contribution in [1.82, 2.24) is 9.38 Å². The summed E-state index contributed by atoms with van der Waals surface area (Å²) in [6.45, 7) is 1.98. The van der Waals surface area contributed by atoms with E-state index in [0.717, 1.165) is 22.2 Å². The predicted molar refractivity (Wildman–Crippen MR) is 83.5 cm³/mol. The maximum Gasteiger partial charge on any atom is 0.242 e. The number of ether oxygens (including phenoxy) is 2. The van der Waals surface area contributed by atoms with Crippen LogP contribution < -0.4 is 15.2 Å². The number of nitrogens with two attached hydrogens (primary N) is 1. The van der Waals surface area contributed by atoms with Crippen molar-refractivity contribution in [1.29, 1.82) is 0 Å². The average molecular weight is 303 g/mol. The highest BCUT2D eigenvalue weighted by atomic mass is 32.1. The second-order valence-electron chi connectivity index (χ2n) is 4.88. The van der Waals surface area contributed by atoms with E-state index in [-0.39, 0.29) is 6.04 Å². The van der Waals surface area contributed by atoms with Crippen LogP contribution in [0.25, 0.3) is 4.96 Å². The van der Waals surface area contributed by atoms with Crippen LogP contribution in [0.2, 0.25) is 0 Å². The molecule has 0 aliphatic carbocycles. The lowest BCUT2D eigenvalue weighted by atomic mass is 10.2. The molecule has 1 unspecified atom stereocenters. The molecule has 6 heteroatoms. The third-order valence-electron chi connectivity index (χ3n) is 3.11. The van der Waals surface area contributed by atoms with Gasteiger partial charge in [-0.05, 0) is 31.2 Å². The van der Waals surface area contributed by atoms with Gasteiger partial charge in [0.1, 0.15) is 11.5 Å². The lowest BCUT2D eigenvalue weighted by Gasteiger charge is -2.08. The highest BCUT2D eigenvalue weighted by Gasteiger charge is 2.16. The SMILES string of the molecule is COc1ccc(Oc2nc3sccn3c2CC(C)N)cc1. The number of methoxy groups -OCH3 is 1. The van der Waals surface area contributed by atoms with Crippen molar-refractivity contribution in [2.45, 2.75) is 19.4 Å². The van der Waals surface area contributed by atoms with Gasteiger partial charge in [0.15, 0.2) is 4.96 Å². The molecule has 1 atom stereocenters. The molecule has 2 heterocycles. The Bertz CT molecular complexity index is 731. The Hall–Kier alpha value is -2.05. The van der Waals surface area contributed by atoms with Crippen LogP contribution in [0, 0.1) is 0 Å². The molecule has 3 rings (SSSR count). The highest BCUT2D eigenvalue weighted by molar-refractivity contribution is 7.15. The summed E-state index contributed by atoms with van der Waals surface area (Å²) in [7, 11) is 1.64. The zero-order valence-electron chi connectivity index (χ0n) is 11.9. The van der Waals surface area contributed by atoms with Crippen LogP contribution in [0.4, 0.5) is 0 Å². The molecule has 0 saturated carbocycles. The zero-order valence-corrected chi connectivity index (χ0v) is 12.8. The molecule has 2 aromatic heterocycles. The first kappa shape index (κ1) is 13.9. The van der Waals surface area contributed by atoms with E-state index in [1.165, 1.54) is 0 Å². The third-order valence-corrected chi connectivity index (χ3v) is 3.87. The second kappa shape index (κ2) is 5.75. The molecule has 0 saturated heterocycles. The fraction of sp³-hybridized carbons (Fsp3) is 0.267. The van der Waals surface area contributed by atoms with Gasteiger partial charge < -0.3 is 15.2 Å². The summed E-state index contributed by atoms with van der Waals surface area (Å²) in [6.07, 6.45) is 2.70. The van der Waals surface area contributed by atoms with E-state index in [1.54, 1.807) is 18.4 Å². The summed E-state index contributed by atoms with van der Waals surface area (Å²) in [5.74, 6) is 2.14. The number of hydrogen-bond donors (Lipinski definition) is 1. The van der Waals surface area contributed by atoms with Gasteiger partial charge in [0, 0.05) is 24.0 Å². The first-order valence-electron chi connectivity index (χ1n) is 6.69. The predicted octanol–water partition coefficient (Wildman–Crippen LogP) is 3.09. The summed E-state index contributed by atoms with van der Waals surface area (Å²) in [5.41, 5.74) is 6.93. The van der Waals surface area contributed by atoms with Crippen molar-refractivity contribution in [3.8, 4) is 17.4 Å². The lowest BCUT2D eigenvalue weighted by molar-refractivity contribution is 0.412. The van der Waals surface area contributed by atoms with Crippen LogP contribution in [0.15, 0.2) is 35.8 Å². The van der Waals surface area contributed by atoms with E-state index in [4.69, 9.17) is 15.2 Å². The van der Waals surface area contributed by atoms with Crippen LogP contribution in [-0.2, 0) is 6.42 Å². The van der Waals surface area contributed by atoms with E-state index in [2.05, 4.69) is 4.98 Å². The molecule has 0 fully saturated rings. The fourth-order valence-electron chi connectivity index (χ4n) is 2.14. The number of thiazole rings is 1. The quantitative estimate of drug-likeness (QED) is 0.787. The molecule has 0 spiro atoms. The number of rotatable bonds is 5. The van der Waals surface area contributed by atoms with E-state index >= 15 is 0 Å². The molecule has 0 bridgehead atoms. The van der Waals surface area contributed by atoms with Gasteiger partial charge in [0.05, 0.1) is 12.8 Å². The smallest absolute Gasteiger partial charge is 0.242 e. The van der Waals surface area contributed by atoms with Crippen LogP contribution >= 0.6 is 11.3 Å². The number of aromatic nitrogens is 2. The van der Waals surface area contributed by atoms with Crippen molar-refractivity contribution in [3.63, 3.8) is 0 Å². The minimum atomic E-state index is 0.0445. The number of benzene rings is 1. The molecule has 1 aromatic carbocycles. The fourth-order valence-corrected chi connectivity index (χ4v) is 2.87. The lowest BCUT2D eigenvalue weighted by Crippen LogP contribution is -2.19. The Kier molecular flexibility index (Phi) is 3.81. The Morgan fingerprint density at radius 2 is 2.00 bits per heavy atom. The van der Waals surface area contributed by atoms with Crippen LogP contribution in [0.3, 0.4) is 0 Å². The molecule has 0 aliphatic rings. The summed E-state index contributed by atoms with van der Waals surface area (Å²) in [6, 6.07) is 7.49. The van der Waals surface area contributed by atoms with E-state index in [1.807, 2.05) is 47.2 Å². The van der Waals surface area contributed by atoms with Gasteiger partial charge in [0.2, 0.25) is 5.88 Å². The Balaban J connectivity index is 1.92. The molecular weight excluding hydrogens is 286 g/mol. The molecule has 0 aliphatic heterocycles. The number of hydrogen-bond acceptors (Lipinski definition) is 5. The molecule has 2 N–H and O–H groups in total. The molecule has 21 heavy (non-hydrogen) atoms. The summed E-state index contributed by atoms with van der Waals surface area (Å²) < 4.78 is 13.1. The van der Waals surface area contributed by atoms with Crippen molar-refractivity contribution < 1.29 is 9.47 Å². The van der Waals surface area contributed by atoms with Crippen molar-refractivity contribution >= 4 is 16.3 Å². The monoisotopic (exact) mass is 303 g/mol. The molecular formula is C15H17N3O2S. The van der Waals surface area contributed by atoms with Crippen molar-refractivity contribution in [2.24, 2.45) is 5.73 Å². The normalized spacial score (nSPS) is 12.5. The van der Waals surface area contributed by atoms with Gasteiger partial charge in [-0.25, -0.2) is 0 Å². The zero-order chi connectivity index (χ0) is 14.8. The van der Waals surface area contributed by atoms with Crippen molar-refractivity contribution in [3.05, 3.63) is 41.5 Å². The molecule has 0 amide bonds. The van der Waals surface area contributed by atoms with Crippen molar-refractivity contribution in [2.75, 3.05) is 7.11 Å². The van der Waals surface area contributed by atoms with Gasteiger partial charge in [0.25, 0.3) is 0 Å². The summed E-state index contributed by atoms with van der Waals surface area (Å²) in [5, 5.41) is 2.00. The molecule has 3 aromatic rings. The summed E-state index contributed by atoms with van der Waals surface area (Å²) in [4.78, 5) is 5.45. The Morgan fingerprint density at radius 3 is 2.67 bits per heavy atom. The van der Waals surface area contributed by atoms with Gasteiger partial charge in [-0.3, -0.25) is 4.40 Å². The van der Waals surface area contributed by atoms with Crippen LogP contribution in [0.5, 0.6) is 17.4 Å². The summed E-state index contributed by atoms with van der Waals surface area (Å²) >= 11 is 1.58. The maximum atomic E-state index is 5.93. The molecule has 110 valence electrons. The number of imidazole rings is 1. The van der Waals surface area contributed by atoms with E-state index < -0.39 is 0 Å². The maximum absolute atomic E-state index is 5.93. The number of fused-ring (bicyclic) bond motifs is 1. The molecule has 5 nitrogen and oxygen atoms in total. The van der Waals surface area contributed by atoms with Crippen LogP contribution in [0.1, 0.15) is 12.6 Å². The first-order chi connectivity index (χ1) is 10.2. The van der Waals surface area contributed by atoms with Gasteiger partial charge in [-0.2, -0.15) is 4.98 Å². The first-order valence-corrected chi connectivity index (χ1v) is 7.57. The third kappa shape index (κ3) is 2.86. The van der Waals surface area contributed by atoms with Gasteiger partial charge in [-0.1, -0.05) is 0 Å². The van der Waals surface area contributed by atoms with E-state index in [9.17, 15) is 0 Å². The minimum Gasteiger partial charge on any atom is -0.497 e. The average Bonchev–Trinajstić information content (AvgIpc) is 3.03. The second-order valence-corrected chi connectivity index (χ2v) is 5.75. The standard InChI is InChI=1S/C15H17N3O2S/c1-10(16)9-13-14(17-15-18(13)7-8-21-15)20-12-5-3-11(19-2)4-6-12/h3-8,10H,9,16H2,1-2H3. The van der Waals surface area contributed by atoms with Gasteiger partial charge >= 0.3 is 0 Å². The Morgan fingerprint density at radius 1 is 1.29 bits per heavy atom. The van der Waals surface area contributed by atoms with E-state index in [0.29, 0.717) is 12.3 Å². The van der Waals surface area contributed by atoms with Gasteiger partial charge in [-0.15, -0.1) is 11.3 Å². The minimum absolute atomic E-state index is 0.0445. The molecule has 0 radical (unpaired) electrons. The highest BCUT2D eigenvalue weighted by Crippen LogP contribution is 2.29. The topological polar surface area (TPSA) is 61.8 Å². The largest absolute Gasteiger partial charge is 0.497 e.